The zero-order valence-electron chi connectivity index (χ0n) is 21.2. The Kier molecular flexibility index (Phi) is 9.09. The Morgan fingerprint density at radius 3 is 2.55 bits per heavy atom. The summed E-state index contributed by atoms with van der Waals surface area (Å²) in [4.78, 5) is 27.7. The first-order valence-corrected chi connectivity index (χ1v) is 13.7. The Labute approximate surface area is 237 Å². The first kappa shape index (κ1) is 27.7. The van der Waals surface area contributed by atoms with E-state index in [1.54, 1.807) is 47.4 Å². The Hall–Kier alpha value is -3.33. The maximum absolute atomic E-state index is 13.2. The third-order valence-electron chi connectivity index (χ3n) is 5.86. The maximum atomic E-state index is 13.2. The van der Waals surface area contributed by atoms with Gasteiger partial charge >= 0.3 is 0 Å². The van der Waals surface area contributed by atoms with Crippen LogP contribution in [-0.4, -0.2) is 29.3 Å². The van der Waals surface area contributed by atoms with E-state index in [2.05, 4.69) is 12.2 Å². The van der Waals surface area contributed by atoms with Crippen LogP contribution >= 0.6 is 35.6 Å². The number of thioether (sulfide) groups is 1. The number of aryl methyl sites for hydroxylation is 1. The number of carbonyl (C=O) groups is 2. The first-order chi connectivity index (χ1) is 18.3. The highest BCUT2D eigenvalue weighted by molar-refractivity contribution is 8.27. The number of rotatable bonds is 9. The van der Waals surface area contributed by atoms with Gasteiger partial charge in [0.2, 0.25) is 0 Å². The molecular weight excluding hydrogens is 540 g/mol. The summed E-state index contributed by atoms with van der Waals surface area (Å²) in [6.07, 6.45) is 2.70. The van der Waals surface area contributed by atoms with Crippen LogP contribution in [0.5, 0.6) is 11.5 Å². The highest BCUT2D eigenvalue weighted by Gasteiger charge is 2.33. The Bertz CT molecular complexity index is 1410. The molecule has 2 amide bonds. The van der Waals surface area contributed by atoms with Crippen molar-refractivity contribution in [2.24, 2.45) is 0 Å². The van der Waals surface area contributed by atoms with Gasteiger partial charge in [-0.2, -0.15) is 0 Å². The highest BCUT2D eigenvalue weighted by atomic mass is 35.5. The van der Waals surface area contributed by atoms with Gasteiger partial charge in [0.15, 0.2) is 22.4 Å². The van der Waals surface area contributed by atoms with Crippen LogP contribution in [0.15, 0.2) is 65.6 Å². The van der Waals surface area contributed by atoms with Gasteiger partial charge in [-0.25, -0.2) is 0 Å². The van der Waals surface area contributed by atoms with E-state index in [0.29, 0.717) is 38.0 Å². The average Bonchev–Trinajstić information content (AvgIpc) is 3.18. The lowest BCUT2D eigenvalue weighted by Gasteiger charge is -2.15. The molecule has 6 nitrogen and oxygen atoms in total. The van der Waals surface area contributed by atoms with E-state index in [0.717, 1.165) is 23.2 Å². The van der Waals surface area contributed by atoms with Crippen LogP contribution in [0.3, 0.4) is 0 Å². The molecule has 0 spiro atoms. The number of carbonyl (C=O) groups excluding carboxylic acids is 2. The number of anilines is 2. The number of amides is 2. The summed E-state index contributed by atoms with van der Waals surface area (Å²) in [6, 6.07) is 18.4. The van der Waals surface area contributed by atoms with Gasteiger partial charge in [0.25, 0.3) is 11.8 Å². The molecule has 1 aliphatic heterocycles. The molecule has 0 unspecified atom stereocenters. The molecule has 1 heterocycles. The number of ether oxygens (including phenoxy) is 2. The van der Waals surface area contributed by atoms with Crippen molar-refractivity contribution in [2.45, 2.75) is 27.2 Å². The van der Waals surface area contributed by atoms with Gasteiger partial charge in [-0.05, 0) is 79.4 Å². The van der Waals surface area contributed by atoms with Gasteiger partial charge < -0.3 is 14.8 Å². The molecule has 0 atom stereocenters. The Morgan fingerprint density at radius 2 is 1.84 bits per heavy atom. The van der Waals surface area contributed by atoms with Crippen LogP contribution in [0.4, 0.5) is 11.4 Å². The second-order valence-corrected chi connectivity index (χ2v) is 10.5. The number of halogens is 1. The minimum atomic E-state index is -0.322. The molecule has 3 aromatic rings. The summed E-state index contributed by atoms with van der Waals surface area (Å²) in [5.74, 6) is 0.400. The van der Waals surface area contributed by atoms with E-state index in [-0.39, 0.29) is 18.4 Å². The third kappa shape index (κ3) is 6.38. The van der Waals surface area contributed by atoms with Crippen molar-refractivity contribution >= 4 is 69.2 Å². The fourth-order valence-electron chi connectivity index (χ4n) is 3.80. The maximum Gasteiger partial charge on any atom is 0.270 e. The second kappa shape index (κ2) is 12.5. The topological polar surface area (TPSA) is 67.9 Å². The molecule has 1 N–H and O–H groups in total. The summed E-state index contributed by atoms with van der Waals surface area (Å²) < 4.78 is 12.0. The van der Waals surface area contributed by atoms with E-state index in [1.165, 1.54) is 17.3 Å². The van der Waals surface area contributed by atoms with Crippen LogP contribution in [0, 0.1) is 6.92 Å². The molecule has 4 rings (SSSR count). The van der Waals surface area contributed by atoms with Crippen molar-refractivity contribution < 1.29 is 19.1 Å². The lowest BCUT2D eigenvalue weighted by atomic mass is 10.1. The smallest absolute Gasteiger partial charge is 0.270 e. The van der Waals surface area contributed by atoms with Gasteiger partial charge in [-0.1, -0.05) is 66.8 Å². The second-order valence-electron chi connectivity index (χ2n) is 8.43. The minimum Gasteiger partial charge on any atom is -0.490 e. The molecule has 0 aromatic heterocycles. The molecule has 1 aliphatic rings. The molecule has 1 fully saturated rings. The summed E-state index contributed by atoms with van der Waals surface area (Å²) in [7, 11) is 0. The van der Waals surface area contributed by atoms with E-state index in [4.69, 9.17) is 33.3 Å². The van der Waals surface area contributed by atoms with Crippen molar-refractivity contribution in [3.8, 4) is 11.5 Å². The molecule has 0 saturated carbocycles. The fraction of sp³-hybridized carbons (Fsp3) is 0.207. The molecular formula is C29H27ClN2O4S2. The van der Waals surface area contributed by atoms with Crippen molar-refractivity contribution in [2.75, 3.05) is 23.4 Å². The Balaban J connectivity index is 1.47. The van der Waals surface area contributed by atoms with E-state index in [9.17, 15) is 9.59 Å². The predicted octanol–water partition coefficient (Wildman–Crippen LogP) is 7.03. The van der Waals surface area contributed by atoms with Crippen LogP contribution in [0.1, 0.15) is 30.5 Å². The van der Waals surface area contributed by atoms with Crippen molar-refractivity contribution in [1.82, 2.24) is 0 Å². The van der Waals surface area contributed by atoms with Gasteiger partial charge in [0.1, 0.15) is 0 Å². The van der Waals surface area contributed by atoms with E-state index >= 15 is 0 Å². The van der Waals surface area contributed by atoms with Gasteiger partial charge in [0, 0.05) is 10.7 Å². The molecule has 0 bridgehead atoms. The number of nitrogens with one attached hydrogen (secondary N) is 1. The zero-order valence-corrected chi connectivity index (χ0v) is 23.6. The van der Waals surface area contributed by atoms with Crippen LogP contribution < -0.4 is 19.7 Å². The largest absolute Gasteiger partial charge is 0.490 e. The minimum absolute atomic E-state index is 0.171. The van der Waals surface area contributed by atoms with E-state index < -0.39 is 0 Å². The van der Waals surface area contributed by atoms with Crippen molar-refractivity contribution in [3.63, 3.8) is 0 Å². The average molecular weight is 567 g/mol. The Morgan fingerprint density at radius 1 is 1.08 bits per heavy atom. The van der Waals surface area contributed by atoms with Crippen molar-refractivity contribution in [3.05, 3.63) is 87.3 Å². The highest BCUT2D eigenvalue weighted by Crippen LogP contribution is 2.37. The molecule has 0 radical (unpaired) electrons. The summed E-state index contributed by atoms with van der Waals surface area (Å²) in [5, 5.41) is 3.38. The molecule has 0 aliphatic carbocycles. The number of hydrogen-bond acceptors (Lipinski definition) is 6. The van der Waals surface area contributed by atoms with Gasteiger partial charge in [-0.3, -0.25) is 14.5 Å². The zero-order chi connectivity index (χ0) is 27.2. The van der Waals surface area contributed by atoms with E-state index in [1.807, 2.05) is 38.1 Å². The van der Waals surface area contributed by atoms with Gasteiger partial charge in [0.05, 0.1) is 17.2 Å². The van der Waals surface area contributed by atoms with Crippen LogP contribution in [0.2, 0.25) is 5.02 Å². The van der Waals surface area contributed by atoms with Crippen LogP contribution in [0.25, 0.3) is 6.08 Å². The molecule has 196 valence electrons. The third-order valence-corrected chi connectivity index (χ3v) is 7.57. The SMILES string of the molecule is CCOc1cc(/C=C2\SC(=S)N(c3ccc(CC)cc3)C2=O)ccc1OCC(=O)Nc1cccc(Cl)c1C. The summed E-state index contributed by atoms with van der Waals surface area (Å²) in [6.45, 7) is 5.98. The number of hydrogen-bond donors (Lipinski definition) is 1. The molecule has 3 aromatic carbocycles. The standard InChI is InChI=1S/C29H27ClN2O4S2/c1-4-19-9-12-21(13-10-19)32-28(34)26(38-29(32)37)16-20-11-14-24(25(15-20)35-5-2)36-17-27(33)31-23-8-6-7-22(30)18(23)3/h6-16H,4-5,17H2,1-3H3,(H,31,33)/b26-16-. The predicted molar refractivity (Wildman–Crippen MR) is 159 cm³/mol. The summed E-state index contributed by atoms with van der Waals surface area (Å²) in [5.41, 5.74) is 4.10. The molecule has 38 heavy (non-hydrogen) atoms. The number of nitrogens with zero attached hydrogens (tertiary/aromatic N) is 1. The molecule has 1 saturated heterocycles. The van der Waals surface area contributed by atoms with Gasteiger partial charge in [-0.15, -0.1) is 0 Å². The van der Waals surface area contributed by atoms with Crippen molar-refractivity contribution in [1.29, 1.82) is 0 Å². The quantitative estimate of drug-likeness (QED) is 0.221. The number of benzene rings is 3. The molecule has 9 heteroatoms. The van der Waals surface area contributed by atoms with Crippen LogP contribution in [-0.2, 0) is 16.0 Å². The number of thiocarbonyl (C=S) groups is 1. The summed E-state index contributed by atoms with van der Waals surface area (Å²) >= 11 is 12.9. The first-order valence-electron chi connectivity index (χ1n) is 12.1. The lowest BCUT2D eigenvalue weighted by molar-refractivity contribution is -0.118. The monoisotopic (exact) mass is 566 g/mol. The lowest BCUT2D eigenvalue weighted by Crippen LogP contribution is -2.27. The normalized spacial score (nSPS) is 14.2. The fourth-order valence-corrected chi connectivity index (χ4v) is 5.27.